The van der Waals surface area contributed by atoms with Gasteiger partial charge in [0.2, 0.25) is 17.8 Å². The maximum atomic E-state index is 13.1. The number of nitrogens with zero attached hydrogens (tertiary/aromatic N) is 8. The number of aromatic nitrogens is 5. The normalized spacial score (nSPS) is 21.8. The van der Waals surface area contributed by atoms with Gasteiger partial charge in [-0.3, -0.25) is 28.9 Å². The summed E-state index contributed by atoms with van der Waals surface area (Å²) in [5, 5.41) is 17.3. The number of aryl methyl sites for hydroxylation is 2. The molecule has 2 amide bonds. The summed E-state index contributed by atoms with van der Waals surface area (Å²) in [5.74, 6) is 1.41. The lowest BCUT2D eigenvalue weighted by Gasteiger charge is -2.39. The van der Waals surface area contributed by atoms with Crippen LogP contribution in [0, 0.1) is 11.8 Å². The topological polar surface area (TPSA) is 146 Å². The van der Waals surface area contributed by atoms with Crippen molar-refractivity contribution in [2.24, 2.45) is 18.9 Å². The summed E-state index contributed by atoms with van der Waals surface area (Å²) in [6, 6.07) is 15.0. The number of benzene rings is 2. The fraction of sp³-hybridized carbons (Fsp3) is 0.604. The average molecular weight is 915 g/mol. The number of carbonyl (C=O) groups is 2. The van der Waals surface area contributed by atoms with Gasteiger partial charge in [0.05, 0.1) is 17.1 Å². The number of piperidine rings is 2. The van der Waals surface area contributed by atoms with Crippen LogP contribution in [0.5, 0.6) is 0 Å². The zero-order valence-corrected chi connectivity index (χ0v) is 40.3. The zero-order chi connectivity index (χ0) is 46.4. The molecule has 1 atom stereocenters. The van der Waals surface area contributed by atoms with Crippen LogP contribution in [0.25, 0.3) is 33.2 Å². The zero-order valence-electron chi connectivity index (χ0n) is 40.3. The van der Waals surface area contributed by atoms with Crippen molar-refractivity contribution in [1.29, 1.82) is 0 Å². The van der Waals surface area contributed by atoms with E-state index in [-0.39, 0.29) is 24.1 Å². The van der Waals surface area contributed by atoms with Crippen molar-refractivity contribution in [3.05, 3.63) is 76.5 Å². The second-order valence-corrected chi connectivity index (χ2v) is 20.3. The van der Waals surface area contributed by atoms with Crippen LogP contribution in [0.1, 0.15) is 121 Å². The van der Waals surface area contributed by atoms with Crippen LogP contribution in [0.3, 0.4) is 0 Å². The quantitative estimate of drug-likeness (QED) is 0.0605. The second kappa shape index (κ2) is 21.6. The number of aliphatic hydroxyl groups excluding tert-OH is 1. The molecule has 2 aromatic carbocycles. The van der Waals surface area contributed by atoms with Crippen LogP contribution < -0.4 is 16.3 Å². The van der Waals surface area contributed by atoms with Gasteiger partial charge >= 0.3 is 5.69 Å². The smallest absolute Gasteiger partial charge is 0.329 e. The molecule has 9 rings (SSSR count). The number of aliphatic hydroxyl groups is 1. The Labute approximate surface area is 396 Å². The van der Waals surface area contributed by atoms with Gasteiger partial charge in [-0.2, -0.15) is 4.98 Å². The number of rotatable bonds is 18. The van der Waals surface area contributed by atoms with Crippen molar-refractivity contribution in [1.82, 2.24) is 43.7 Å². The number of nitrogens with one attached hydrogen (secondary N) is 2. The molecule has 3 aliphatic heterocycles. The van der Waals surface area contributed by atoms with Gasteiger partial charge in [-0.25, -0.2) is 9.78 Å². The molecule has 0 spiro atoms. The molecular weight excluding hydrogens is 841 g/mol. The fourth-order valence-electron chi connectivity index (χ4n) is 11.3. The molecule has 4 aliphatic rings. The lowest BCUT2D eigenvalue weighted by Crippen LogP contribution is -2.48. The summed E-state index contributed by atoms with van der Waals surface area (Å²) >= 11 is 0. The van der Waals surface area contributed by atoms with Gasteiger partial charge in [0.25, 0.3) is 0 Å². The number of amides is 2. The molecule has 3 aromatic heterocycles. The number of piperazine rings is 1. The molecule has 0 radical (unpaired) electrons. The van der Waals surface area contributed by atoms with E-state index in [1.165, 1.54) is 67.6 Å². The fourth-order valence-corrected chi connectivity index (χ4v) is 11.3. The van der Waals surface area contributed by atoms with E-state index in [0.717, 1.165) is 125 Å². The molecule has 5 aromatic rings. The third-order valence-corrected chi connectivity index (χ3v) is 15.8. The van der Waals surface area contributed by atoms with E-state index in [0.29, 0.717) is 24.3 Å². The molecule has 360 valence electrons. The van der Waals surface area contributed by atoms with Gasteiger partial charge in [-0.15, -0.1) is 0 Å². The third-order valence-electron chi connectivity index (χ3n) is 15.8. The maximum absolute atomic E-state index is 13.1. The summed E-state index contributed by atoms with van der Waals surface area (Å²) in [4.78, 5) is 55.2. The summed E-state index contributed by atoms with van der Waals surface area (Å²) < 4.78 is 5.55. The molecular formula is C53H74N10O4. The number of likely N-dealkylation sites (tertiary alicyclic amines) is 1. The van der Waals surface area contributed by atoms with Gasteiger partial charge in [-0.05, 0) is 125 Å². The van der Waals surface area contributed by atoms with Gasteiger partial charge in [-0.1, -0.05) is 63.4 Å². The van der Waals surface area contributed by atoms with Crippen molar-refractivity contribution in [2.75, 3.05) is 64.2 Å². The van der Waals surface area contributed by atoms with Crippen LogP contribution >= 0.6 is 0 Å². The van der Waals surface area contributed by atoms with E-state index in [2.05, 4.69) is 86.3 Å². The first-order chi connectivity index (χ1) is 32.6. The SMILES string of the molecule is CCC(CC)CNc1ncc2c(-c3ccc(CN4CCN(CC5CCN(CCCCCc6ccc7c(c6)n(C)c(=O)n7C6CCC(=O)NC6=O)CC5)CC4)cc3)cn(C3CCC(O)CC3)c2n1. The maximum Gasteiger partial charge on any atom is 0.329 e. The van der Waals surface area contributed by atoms with Crippen molar-refractivity contribution < 1.29 is 14.7 Å². The Morgan fingerprint density at radius 1 is 0.806 bits per heavy atom. The van der Waals surface area contributed by atoms with E-state index in [4.69, 9.17) is 9.97 Å². The highest BCUT2D eigenvalue weighted by Gasteiger charge is 2.32. The number of hydrogen-bond donors (Lipinski definition) is 3. The van der Waals surface area contributed by atoms with Crippen LogP contribution in [0.2, 0.25) is 0 Å². The summed E-state index contributed by atoms with van der Waals surface area (Å²) in [6.45, 7) is 15.6. The number of imidazole rings is 1. The molecule has 1 aliphatic carbocycles. The first-order valence-corrected chi connectivity index (χ1v) is 25.7. The van der Waals surface area contributed by atoms with E-state index < -0.39 is 11.9 Å². The van der Waals surface area contributed by atoms with Crippen LogP contribution in [-0.4, -0.2) is 120 Å². The lowest BCUT2D eigenvalue weighted by molar-refractivity contribution is -0.135. The highest BCUT2D eigenvalue weighted by Crippen LogP contribution is 2.37. The van der Waals surface area contributed by atoms with E-state index in [1.54, 1.807) is 16.2 Å². The molecule has 14 heteroatoms. The minimum Gasteiger partial charge on any atom is -0.393 e. The minimum atomic E-state index is -0.654. The molecule has 3 saturated heterocycles. The standard InChI is InChI=1S/C53H74N10O4/c1-4-37(5-2)32-54-52-55-33-44-45(36-62(50(44)57-52)42-15-17-43(64)18-16-42)41-13-10-39(11-14-41)34-60-27-29-61(30-28-60)35-40-22-25-59(26-23-40)24-8-6-7-9-38-12-19-46-48(31-38)58(3)53(67)63(46)47-20-21-49(65)56-51(47)66/h10-14,19,31,33,36-37,40,42-43,47,64H,4-9,15-18,20-30,32,34-35H2,1-3H3,(H,54,55,57)(H,56,65,66). The van der Waals surface area contributed by atoms with Gasteiger partial charge < -0.3 is 24.8 Å². The number of hydrogen-bond acceptors (Lipinski definition) is 10. The van der Waals surface area contributed by atoms with E-state index >= 15 is 0 Å². The van der Waals surface area contributed by atoms with E-state index in [9.17, 15) is 19.5 Å². The Balaban J connectivity index is 0.694. The van der Waals surface area contributed by atoms with Crippen molar-refractivity contribution >= 4 is 39.8 Å². The first-order valence-electron chi connectivity index (χ1n) is 25.7. The molecule has 3 N–H and O–H groups in total. The van der Waals surface area contributed by atoms with Crippen molar-refractivity contribution in [3.8, 4) is 11.1 Å². The Hall–Kier alpha value is -4.89. The van der Waals surface area contributed by atoms with Crippen LogP contribution in [-0.2, 0) is 29.6 Å². The monoisotopic (exact) mass is 915 g/mol. The highest BCUT2D eigenvalue weighted by atomic mass is 16.3. The van der Waals surface area contributed by atoms with Gasteiger partial charge in [0.1, 0.15) is 11.7 Å². The second-order valence-electron chi connectivity index (χ2n) is 20.3. The Morgan fingerprint density at radius 2 is 1.54 bits per heavy atom. The van der Waals surface area contributed by atoms with Crippen LogP contribution in [0.4, 0.5) is 5.95 Å². The minimum absolute atomic E-state index is 0.195. The largest absolute Gasteiger partial charge is 0.393 e. The summed E-state index contributed by atoms with van der Waals surface area (Å²) in [5.41, 5.74) is 7.29. The Kier molecular flexibility index (Phi) is 15.2. The molecule has 1 saturated carbocycles. The number of carbonyl (C=O) groups excluding carboxylic acids is 2. The van der Waals surface area contributed by atoms with Crippen LogP contribution in [0.15, 0.2) is 59.7 Å². The Morgan fingerprint density at radius 3 is 2.27 bits per heavy atom. The predicted octanol–water partition coefficient (Wildman–Crippen LogP) is 7.30. The number of anilines is 1. The summed E-state index contributed by atoms with van der Waals surface area (Å²) in [7, 11) is 1.76. The van der Waals surface area contributed by atoms with Crippen molar-refractivity contribution in [3.63, 3.8) is 0 Å². The average Bonchev–Trinajstić information content (AvgIpc) is 3.84. The molecule has 0 bridgehead atoms. The number of imide groups is 1. The molecule has 4 fully saturated rings. The molecule has 6 heterocycles. The highest BCUT2D eigenvalue weighted by molar-refractivity contribution is 6.00. The Bertz CT molecular complexity index is 2520. The van der Waals surface area contributed by atoms with Crippen molar-refractivity contribution in [2.45, 2.75) is 128 Å². The molecule has 1 unspecified atom stereocenters. The summed E-state index contributed by atoms with van der Waals surface area (Å²) in [6.07, 6.45) is 17.6. The number of unbranched alkanes of at least 4 members (excludes halogenated alkanes) is 2. The van der Waals surface area contributed by atoms with E-state index in [1.807, 2.05) is 12.3 Å². The number of fused-ring (bicyclic) bond motifs is 2. The molecule has 14 nitrogen and oxygen atoms in total. The first kappa shape index (κ1) is 47.2. The molecule has 67 heavy (non-hydrogen) atoms. The van der Waals surface area contributed by atoms with Gasteiger partial charge in [0, 0.05) is 88.7 Å². The predicted molar refractivity (Wildman–Crippen MR) is 266 cm³/mol. The van der Waals surface area contributed by atoms with Gasteiger partial charge in [0.15, 0.2) is 0 Å². The lowest BCUT2D eigenvalue weighted by atomic mass is 9.93. The third kappa shape index (κ3) is 11.0.